The monoisotopic (exact) mass is 164 g/mol. The Morgan fingerprint density at radius 2 is 2.22 bits per heavy atom. The van der Waals surface area contributed by atoms with Crippen molar-refractivity contribution in [3.05, 3.63) is 22.7 Å². The summed E-state index contributed by atoms with van der Waals surface area (Å²) in [4.78, 5) is 0. The van der Waals surface area contributed by atoms with Gasteiger partial charge < -0.3 is 0 Å². The van der Waals surface area contributed by atoms with Crippen LogP contribution in [0.2, 0.25) is 0 Å². The van der Waals surface area contributed by atoms with Crippen molar-refractivity contribution in [1.29, 1.82) is 0 Å². The first-order valence-electron chi connectivity index (χ1n) is 2.87. The van der Waals surface area contributed by atoms with Crippen molar-refractivity contribution < 1.29 is 0 Å². The Kier molecular flexibility index (Phi) is 6.23. The molecule has 52 valence electrons. The summed E-state index contributed by atoms with van der Waals surface area (Å²) < 4.78 is 0. The first-order valence-corrected chi connectivity index (χ1v) is 3.68. The van der Waals surface area contributed by atoms with Crippen LogP contribution in [0.5, 0.6) is 0 Å². The average Bonchev–Trinajstić information content (AvgIpc) is 1.89. The summed E-state index contributed by atoms with van der Waals surface area (Å²) in [6.45, 7) is 1.92. The molecule has 0 rings (SSSR count). The topological polar surface area (TPSA) is 0 Å². The van der Waals surface area contributed by atoms with Gasteiger partial charge in [0.05, 0.1) is 0 Å². The third kappa shape index (κ3) is 5.94. The molecule has 0 radical (unpaired) electrons. The smallest absolute Gasteiger partial charge is 0.0141 e. The van der Waals surface area contributed by atoms with Gasteiger partial charge in [-0.05, 0) is 19.8 Å². The van der Waals surface area contributed by atoms with E-state index < -0.39 is 0 Å². The molecule has 0 aliphatic carbocycles. The Labute approximate surface area is 66.2 Å². The molecule has 0 aliphatic heterocycles. The lowest BCUT2D eigenvalue weighted by molar-refractivity contribution is 1.03. The molecule has 0 aliphatic rings. The first kappa shape index (κ1) is 9.06. The van der Waals surface area contributed by atoms with Gasteiger partial charge in [-0.3, -0.25) is 0 Å². The standard InChI is InChI=1S/C7H10Cl2/c1-2-7(9)5-3-4-6-8/h2,4,6H,3,5H2,1H3/b6-4+,7-2+. The van der Waals surface area contributed by atoms with Gasteiger partial charge in [0, 0.05) is 10.6 Å². The highest BCUT2D eigenvalue weighted by Crippen LogP contribution is 2.09. The molecule has 0 amide bonds. The summed E-state index contributed by atoms with van der Waals surface area (Å²) >= 11 is 11.0. The molecule has 0 unspecified atom stereocenters. The van der Waals surface area contributed by atoms with Crippen LogP contribution in [0.1, 0.15) is 19.8 Å². The average molecular weight is 165 g/mol. The zero-order valence-electron chi connectivity index (χ0n) is 5.40. The van der Waals surface area contributed by atoms with Crippen LogP contribution in [-0.4, -0.2) is 0 Å². The van der Waals surface area contributed by atoms with Crippen molar-refractivity contribution in [2.24, 2.45) is 0 Å². The number of rotatable bonds is 3. The van der Waals surface area contributed by atoms with Crippen LogP contribution in [0, 0.1) is 0 Å². The largest absolute Gasteiger partial charge is 0.0933 e. The van der Waals surface area contributed by atoms with Crippen LogP contribution in [0.3, 0.4) is 0 Å². The Morgan fingerprint density at radius 3 is 2.67 bits per heavy atom. The van der Waals surface area contributed by atoms with Crippen molar-refractivity contribution in [2.45, 2.75) is 19.8 Å². The predicted molar refractivity (Wildman–Crippen MR) is 43.8 cm³/mol. The fourth-order valence-electron chi connectivity index (χ4n) is 0.429. The van der Waals surface area contributed by atoms with E-state index in [2.05, 4.69) is 0 Å². The second-order valence-corrected chi connectivity index (χ2v) is 2.37. The molecule has 0 aromatic rings. The second-order valence-electron chi connectivity index (χ2n) is 1.64. The zero-order chi connectivity index (χ0) is 7.11. The van der Waals surface area contributed by atoms with Gasteiger partial charge in [-0.15, -0.1) is 0 Å². The molecule has 0 bridgehead atoms. The molecule has 9 heavy (non-hydrogen) atoms. The lowest BCUT2D eigenvalue weighted by atomic mass is 10.3. The molecule has 0 nitrogen and oxygen atoms in total. The van der Waals surface area contributed by atoms with Crippen molar-refractivity contribution >= 4 is 23.2 Å². The fourth-order valence-corrected chi connectivity index (χ4v) is 0.664. The molecule has 0 aromatic heterocycles. The van der Waals surface area contributed by atoms with Crippen molar-refractivity contribution in [1.82, 2.24) is 0 Å². The SMILES string of the molecule is C/C=C(/Cl)CC/C=C/Cl. The number of halogens is 2. The highest BCUT2D eigenvalue weighted by atomic mass is 35.5. The lowest BCUT2D eigenvalue weighted by Gasteiger charge is -1.90. The van der Waals surface area contributed by atoms with E-state index in [1.807, 2.05) is 19.1 Å². The molecule has 0 atom stereocenters. The molecule has 0 saturated heterocycles. The van der Waals surface area contributed by atoms with E-state index in [4.69, 9.17) is 23.2 Å². The van der Waals surface area contributed by atoms with Gasteiger partial charge in [-0.25, -0.2) is 0 Å². The minimum Gasteiger partial charge on any atom is -0.0933 e. The van der Waals surface area contributed by atoms with E-state index >= 15 is 0 Å². The predicted octanol–water partition coefficient (Wildman–Crippen LogP) is 3.66. The molecule has 2 heteroatoms. The summed E-state index contributed by atoms with van der Waals surface area (Å²) in [5.41, 5.74) is 1.51. The van der Waals surface area contributed by atoms with Gasteiger partial charge in [0.15, 0.2) is 0 Å². The highest BCUT2D eigenvalue weighted by molar-refractivity contribution is 6.29. The molecule has 0 fully saturated rings. The third-order valence-corrected chi connectivity index (χ3v) is 1.54. The number of hydrogen-bond donors (Lipinski definition) is 0. The quantitative estimate of drug-likeness (QED) is 0.598. The molecular formula is C7H10Cl2. The van der Waals surface area contributed by atoms with Gasteiger partial charge in [0.1, 0.15) is 0 Å². The molecular weight excluding hydrogens is 155 g/mol. The Balaban J connectivity index is 3.28. The zero-order valence-corrected chi connectivity index (χ0v) is 6.91. The van der Waals surface area contributed by atoms with Crippen LogP contribution >= 0.6 is 23.2 Å². The minimum atomic E-state index is 0.890. The summed E-state index contributed by atoms with van der Waals surface area (Å²) in [6, 6.07) is 0. The summed E-state index contributed by atoms with van der Waals surface area (Å²) in [5.74, 6) is 0. The Morgan fingerprint density at radius 1 is 1.56 bits per heavy atom. The number of hydrogen-bond acceptors (Lipinski definition) is 0. The maximum atomic E-state index is 5.69. The molecule has 0 N–H and O–H groups in total. The van der Waals surface area contributed by atoms with Crippen LogP contribution in [0.4, 0.5) is 0 Å². The van der Waals surface area contributed by atoms with Crippen molar-refractivity contribution in [3.63, 3.8) is 0 Å². The minimum absolute atomic E-state index is 0.890. The maximum absolute atomic E-state index is 5.69. The number of allylic oxidation sites excluding steroid dienone is 3. The Bertz CT molecular complexity index is 114. The molecule has 0 heterocycles. The third-order valence-electron chi connectivity index (χ3n) is 0.952. The van der Waals surface area contributed by atoms with Gasteiger partial charge in [-0.1, -0.05) is 35.4 Å². The van der Waals surface area contributed by atoms with Crippen molar-refractivity contribution in [2.75, 3.05) is 0 Å². The molecule has 0 aromatic carbocycles. The van der Waals surface area contributed by atoms with Crippen molar-refractivity contribution in [3.8, 4) is 0 Å². The van der Waals surface area contributed by atoms with E-state index in [0.29, 0.717) is 0 Å². The molecule has 0 saturated carbocycles. The van der Waals surface area contributed by atoms with Gasteiger partial charge in [-0.2, -0.15) is 0 Å². The van der Waals surface area contributed by atoms with E-state index in [1.54, 1.807) is 0 Å². The second kappa shape index (κ2) is 6.18. The fraction of sp³-hybridized carbons (Fsp3) is 0.429. The van der Waals surface area contributed by atoms with E-state index in [0.717, 1.165) is 17.9 Å². The van der Waals surface area contributed by atoms with E-state index in [-0.39, 0.29) is 0 Å². The summed E-state index contributed by atoms with van der Waals surface area (Å²) in [7, 11) is 0. The first-order chi connectivity index (χ1) is 4.31. The maximum Gasteiger partial charge on any atom is 0.0141 e. The van der Waals surface area contributed by atoms with Crippen LogP contribution < -0.4 is 0 Å². The van der Waals surface area contributed by atoms with Gasteiger partial charge >= 0.3 is 0 Å². The molecule has 0 spiro atoms. The van der Waals surface area contributed by atoms with E-state index in [1.165, 1.54) is 5.54 Å². The van der Waals surface area contributed by atoms with Gasteiger partial charge in [0.2, 0.25) is 0 Å². The van der Waals surface area contributed by atoms with Crippen LogP contribution in [0.25, 0.3) is 0 Å². The summed E-state index contributed by atoms with van der Waals surface area (Å²) in [6.07, 6.45) is 5.59. The Hall–Kier alpha value is 0.0600. The van der Waals surface area contributed by atoms with Crippen LogP contribution in [0.15, 0.2) is 22.7 Å². The van der Waals surface area contributed by atoms with Gasteiger partial charge in [0.25, 0.3) is 0 Å². The van der Waals surface area contributed by atoms with E-state index in [9.17, 15) is 0 Å². The highest BCUT2D eigenvalue weighted by Gasteiger charge is 1.85. The normalized spacial score (nSPS) is 13.0. The summed E-state index contributed by atoms with van der Waals surface area (Å²) in [5, 5.41) is 0.893. The lowest BCUT2D eigenvalue weighted by Crippen LogP contribution is -1.69. The van der Waals surface area contributed by atoms with Crippen LogP contribution in [-0.2, 0) is 0 Å².